The van der Waals surface area contributed by atoms with Gasteiger partial charge in [-0.05, 0) is 70.3 Å². The molecule has 0 aromatic rings. The monoisotopic (exact) mass is 1000 g/mol. The molecule has 0 aliphatic heterocycles. The van der Waals surface area contributed by atoms with E-state index in [1.807, 2.05) is 33.3 Å². The first-order valence-corrected chi connectivity index (χ1v) is 30.9. The number of hydrogen-bond acceptors (Lipinski definition) is 7. The Labute approximate surface area is 433 Å². The minimum absolute atomic E-state index is 0.0252. The van der Waals surface area contributed by atoms with Gasteiger partial charge >= 0.3 is 5.97 Å². The summed E-state index contributed by atoms with van der Waals surface area (Å²) in [6.45, 7) is 6.81. The molecule has 3 atom stereocenters. The van der Waals surface area contributed by atoms with Gasteiger partial charge in [0, 0.05) is 12.8 Å². The van der Waals surface area contributed by atoms with Crippen molar-refractivity contribution in [2.75, 3.05) is 40.9 Å². The number of unbranched alkanes of at least 4 members (excludes halogenated alkanes) is 31. The van der Waals surface area contributed by atoms with E-state index in [1.54, 1.807) is 0 Å². The molecule has 0 rings (SSSR count). The summed E-state index contributed by atoms with van der Waals surface area (Å²) in [4.78, 5) is 39.8. The lowest BCUT2D eigenvalue weighted by atomic mass is 10.0. The van der Waals surface area contributed by atoms with Gasteiger partial charge < -0.3 is 28.5 Å². The summed E-state index contributed by atoms with van der Waals surface area (Å²) >= 11 is 0. The molecule has 3 unspecified atom stereocenters. The third kappa shape index (κ3) is 50.9. The van der Waals surface area contributed by atoms with Gasteiger partial charge in [-0.25, -0.2) is 0 Å². The van der Waals surface area contributed by atoms with Crippen LogP contribution in [0.25, 0.3) is 0 Å². The van der Waals surface area contributed by atoms with Crippen LogP contribution < -0.4 is 10.2 Å². The average Bonchev–Trinajstić information content (AvgIpc) is 3.32. The van der Waals surface area contributed by atoms with Gasteiger partial charge in [-0.1, -0.05) is 237 Å². The van der Waals surface area contributed by atoms with E-state index in [1.165, 1.54) is 154 Å². The molecule has 0 saturated carbocycles. The number of rotatable bonds is 53. The summed E-state index contributed by atoms with van der Waals surface area (Å²) < 4.78 is 30.2. The zero-order valence-corrected chi connectivity index (χ0v) is 47.6. The number of phosphoric ester groups is 1. The van der Waals surface area contributed by atoms with Crippen molar-refractivity contribution < 1.29 is 37.3 Å². The quantitative estimate of drug-likeness (QED) is 0.0212. The van der Waals surface area contributed by atoms with E-state index >= 15 is 0 Å². The third-order valence-electron chi connectivity index (χ3n) is 13.0. The van der Waals surface area contributed by atoms with Crippen LogP contribution in [0.15, 0.2) is 48.6 Å². The second kappa shape index (κ2) is 50.5. The number of allylic oxidation sites excluding steroid dienone is 7. The molecule has 0 bridgehead atoms. The molecule has 0 aromatic carbocycles. The highest BCUT2D eigenvalue weighted by Crippen LogP contribution is 2.38. The maximum Gasteiger partial charge on any atom is 0.306 e. The summed E-state index contributed by atoms with van der Waals surface area (Å²) in [7, 11) is 1.18. The normalized spacial score (nSPS) is 14.1. The predicted molar refractivity (Wildman–Crippen MR) is 298 cm³/mol. The number of amides is 1. The smallest absolute Gasteiger partial charge is 0.306 e. The maximum atomic E-state index is 13.5. The predicted octanol–water partition coefficient (Wildman–Crippen LogP) is 17.1. The van der Waals surface area contributed by atoms with Gasteiger partial charge in [0.1, 0.15) is 19.3 Å². The topological polar surface area (TPSA) is 114 Å². The van der Waals surface area contributed by atoms with Crippen molar-refractivity contribution in [1.29, 1.82) is 0 Å². The minimum atomic E-state index is -4.70. The van der Waals surface area contributed by atoms with E-state index in [4.69, 9.17) is 13.8 Å². The second-order valence-electron chi connectivity index (χ2n) is 21.2. The van der Waals surface area contributed by atoms with Gasteiger partial charge in [0.15, 0.2) is 0 Å². The fraction of sp³-hybridized carbons (Fsp3) is 0.833. The molecular weight excluding hydrogens is 892 g/mol. The molecule has 0 spiro atoms. The summed E-state index contributed by atoms with van der Waals surface area (Å²) in [6.07, 6.45) is 60.7. The summed E-state index contributed by atoms with van der Waals surface area (Å²) in [5.74, 6) is -0.559. The Bertz CT molecular complexity index is 1340. The van der Waals surface area contributed by atoms with Crippen LogP contribution in [-0.4, -0.2) is 69.4 Å². The number of ether oxygens (including phenoxy) is 1. The van der Waals surface area contributed by atoms with E-state index in [0.29, 0.717) is 23.9 Å². The molecule has 0 heterocycles. The summed E-state index contributed by atoms with van der Waals surface area (Å²) in [5, 5.41) is 3.02. The standard InChI is InChI=1S/C60H113N2O7P/c1-7-10-13-16-19-22-25-27-29-31-33-35-38-41-44-47-50-53-60(64)69-58(51-48-45-42-39-36-24-21-18-15-12-9-3)57(56-68-70(65,66)67-55-54-62(4,5)6)61-59(63)52-49-46-43-40-37-34-32-30-28-26-23-20-17-14-11-8-2/h19,22,27,29,33,35,48,51,57-58H,7-18,20-21,23-26,28,30-32,34,36-47,49-50,52-56H2,1-6H3,(H-,61,63,65,66)/b22-19-,29-27-,35-33-,51-48+. The Balaban J connectivity index is 5.32. The zero-order chi connectivity index (χ0) is 51.5. The number of carbonyl (C=O) groups is 2. The summed E-state index contributed by atoms with van der Waals surface area (Å²) in [5.41, 5.74) is 0. The van der Waals surface area contributed by atoms with Gasteiger partial charge in [0.25, 0.3) is 7.82 Å². The lowest BCUT2D eigenvalue weighted by Gasteiger charge is -2.30. The van der Waals surface area contributed by atoms with Crippen LogP contribution in [0.2, 0.25) is 0 Å². The van der Waals surface area contributed by atoms with Crippen LogP contribution in [0.4, 0.5) is 0 Å². The van der Waals surface area contributed by atoms with Crippen molar-refractivity contribution in [1.82, 2.24) is 5.32 Å². The number of esters is 1. The first kappa shape index (κ1) is 68.0. The first-order chi connectivity index (χ1) is 33.9. The first-order valence-electron chi connectivity index (χ1n) is 29.4. The Morgan fingerprint density at radius 1 is 0.500 bits per heavy atom. The van der Waals surface area contributed by atoms with E-state index in [9.17, 15) is 19.0 Å². The SMILES string of the molecule is CCCCC/C=C\C/C=C\C/C=C\CCCCCCC(=O)OC(/C=C/CCCCCCCCCCC)C(COP(=O)([O-])OCC[N+](C)(C)C)NC(=O)CCCCCCCCCCCCCCCCCC. The Morgan fingerprint density at radius 2 is 0.871 bits per heavy atom. The number of phosphoric acid groups is 1. The highest BCUT2D eigenvalue weighted by atomic mass is 31.2. The van der Waals surface area contributed by atoms with E-state index < -0.39 is 26.6 Å². The number of nitrogens with one attached hydrogen (secondary N) is 1. The highest BCUT2D eigenvalue weighted by molar-refractivity contribution is 7.45. The molecule has 0 aliphatic rings. The largest absolute Gasteiger partial charge is 0.756 e. The lowest BCUT2D eigenvalue weighted by Crippen LogP contribution is -2.47. The van der Waals surface area contributed by atoms with Crippen LogP contribution in [0.1, 0.15) is 271 Å². The number of carbonyl (C=O) groups excluding carboxylic acids is 2. The Kier molecular flexibility index (Phi) is 49.0. The number of hydrogen-bond donors (Lipinski definition) is 1. The highest BCUT2D eigenvalue weighted by Gasteiger charge is 2.27. The van der Waals surface area contributed by atoms with Crippen LogP contribution in [0.5, 0.6) is 0 Å². The van der Waals surface area contributed by atoms with Gasteiger partial charge in [-0.2, -0.15) is 0 Å². The van der Waals surface area contributed by atoms with Crippen molar-refractivity contribution in [3.63, 3.8) is 0 Å². The van der Waals surface area contributed by atoms with Crippen molar-refractivity contribution in [2.45, 2.75) is 283 Å². The van der Waals surface area contributed by atoms with Crippen molar-refractivity contribution in [2.24, 2.45) is 0 Å². The molecule has 1 N–H and O–H groups in total. The van der Waals surface area contributed by atoms with Crippen LogP contribution in [0, 0.1) is 0 Å². The fourth-order valence-electron chi connectivity index (χ4n) is 8.41. The molecule has 1 amide bonds. The molecule has 0 radical (unpaired) electrons. The molecule has 9 nitrogen and oxygen atoms in total. The van der Waals surface area contributed by atoms with E-state index in [-0.39, 0.29) is 24.9 Å². The number of nitrogens with zero attached hydrogens (tertiary/aromatic N) is 1. The molecule has 70 heavy (non-hydrogen) atoms. The van der Waals surface area contributed by atoms with E-state index in [2.05, 4.69) is 62.5 Å². The van der Waals surface area contributed by atoms with Crippen LogP contribution in [0.3, 0.4) is 0 Å². The molecule has 0 aromatic heterocycles. The number of likely N-dealkylation sites (N-methyl/N-ethyl adjacent to an activating group) is 1. The molecule has 0 fully saturated rings. The zero-order valence-electron chi connectivity index (χ0n) is 46.7. The van der Waals surface area contributed by atoms with Crippen LogP contribution >= 0.6 is 7.82 Å². The van der Waals surface area contributed by atoms with Gasteiger partial charge in [-0.15, -0.1) is 0 Å². The Morgan fingerprint density at radius 3 is 1.33 bits per heavy atom. The van der Waals surface area contributed by atoms with Crippen molar-refractivity contribution in [3.8, 4) is 0 Å². The van der Waals surface area contributed by atoms with Gasteiger partial charge in [0.2, 0.25) is 5.91 Å². The second-order valence-corrected chi connectivity index (χ2v) is 22.6. The Hall–Kier alpha value is -2.03. The third-order valence-corrected chi connectivity index (χ3v) is 14.0. The molecular formula is C60H113N2O7P. The minimum Gasteiger partial charge on any atom is -0.756 e. The molecule has 0 saturated heterocycles. The maximum absolute atomic E-state index is 13.5. The summed E-state index contributed by atoms with van der Waals surface area (Å²) in [6, 6.07) is -0.894. The molecule has 10 heteroatoms. The molecule has 410 valence electrons. The van der Waals surface area contributed by atoms with Crippen molar-refractivity contribution in [3.05, 3.63) is 48.6 Å². The average molecular weight is 1010 g/mol. The molecule has 0 aliphatic carbocycles. The lowest BCUT2D eigenvalue weighted by molar-refractivity contribution is -0.870. The van der Waals surface area contributed by atoms with E-state index in [0.717, 1.165) is 77.0 Å². The van der Waals surface area contributed by atoms with Gasteiger partial charge in [-0.3, -0.25) is 14.2 Å². The van der Waals surface area contributed by atoms with Crippen LogP contribution in [-0.2, 0) is 27.9 Å². The number of quaternary nitrogens is 1. The van der Waals surface area contributed by atoms with Gasteiger partial charge in [0.05, 0.1) is 33.8 Å². The van der Waals surface area contributed by atoms with Crippen molar-refractivity contribution >= 4 is 19.7 Å². The fourth-order valence-corrected chi connectivity index (χ4v) is 9.13.